The Morgan fingerprint density at radius 3 is 2.57 bits per heavy atom. The van der Waals surface area contributed by atoms with E-state index >= 15 is 0 Å². The Hall–Kier alpha value is -1.06. The summed E-state index contributed by atoms with van der Waals surface area (Å²) in [5.41, 5.74) is 0.0309. The lowest BCUT2D eigenvalue weighted by molar-refractivity contribution is -0.144. The van der Waals surface area contributed by atoms with E-state index in [9.17, 15) is 9.90 Å². The van der Waals surface area contributed by atoms with E-state index in [1.807, 2.05) is 43.0 Å². The van der Waals surface area contributed by atoms with Crippen LogP contribution in [0, 0.1) is 5.41 Å². The second kappa shape index (κ2) is 7.23. The zero-order valence-corrected chi connectivity index (χ0v) is 15.2. The maximum atomic E-state index is 12.9. The van der Waals surface area contributed by atoms with Gasteiger partial charge in [-0.1, -0.05) is 50.9 Å². The van der Waals surface area contributed by atoms with Crippen LogP contribution in [-0.2, 0) is 11.2 Å². The smallest absolute Gasteiger partial charge is 0.228 e. The molecule has 1 fully saturated rings. The maximum absolute atomic E-state index is 12.9. The van der Waals surface area contributed by atoms with Crippen molar-refractivity contribution >= 4 is 17.5 Å². The molecule has 1 aromatic rings. The van der Waals surface area contributed by atoms with Crippen LogP contribution < -0.4 is 0 Å². The van der Waals surface area contributed by atoms with Gasteiger partial charge in [-0.25, -0.2) is 0 Å². The van der Waals surface area contributed by atoms with Gasteiger partial charge >= 0.3 is 0 Å². The highest BCUT2D eigenvalue weighted by Gasteiger charge is 2.38. The van der Waals surface area contributed by atoms with Crippen molar-refractivity contribution in [1.82, 2.24) is 4.90 Å². The molecule has 1 amide bonds. The second-order valence-electron chi connectivity index (χ2n) is 7.46. The number of aliphatic hydroxyl groups is 1. The molecule has 0 saturated carbocycles. The third-order valence-electron chi connectivity index (χ3n) is 4.81. The van der Waals surface area contributed by atoms with E-state index in [-0.39, 0.29) is 5.91 Å². The highest BCUT2D eigenvalue weighted by Crippen LogP contribution is 2.31. The molecule has 0 unspecified atom stereocenters. The van der Waals surface area contributed by atoms with Crippen LogP contribution in [0.15, 0.2) is 24.3 Å². The minimum atomic E-state index is -0.581. The average molecular weight is 338 g/mol. The van der Waals surface area contributed by atoms with Crippen molar-refractivity contribution in [2.75, 3.05) is 13.1 Å². The van der Waals surface area contributed by atoms with Crippen molar-refractivity contribution in [3.05, 3.63) is 34.9 Å². The number of amides is 1. The summed E-state index contributed by atoms with van der Waals surface area (Å²) >= 11 is 6.04. The first-order chi connectivity index (χ1) is 10.8. The van der Waals surface area contributed by atoms with Gasteiger partial charge in [0.15, 0.2) is 0 Å². The molecule has 1 N–H and O–H groups in total. The van der Waals surface area contributed by atoms with Gasteiger partial charge in [0.05, 0.1) is 5.60 Å². The van der Waals surface area contributed by atoms with Crippen molar-refractivity contribution in [1.29, 1.82) is 0 Å². The van der Waals surface area contributed by atoms with Crippen molar-refractivity contribution in [2.45, 2.75) is 58.5 Å². The van der Waals surface area contributed by atoms with E-state index in [0.29, 0.717) is 37.4 Å². The fourth-order valence-corrected chi connectivity index (χ4v) is 3.72. The molecule has 23 heavy (non-hydrogen) atoms. The standard InChI is InChI=1S/C19H28ClNO2/c1-4-8-19(23)9-11-21(12-10-19)17(22)18(2,3)14-15-6-5-7-16(20)13-15/h5-7,13,23H,4,8-12,14H2,1-3H3. The lowest BCUT2D eigenvalue weighted by Crippen LogP contribution is -2.50. The molecular formula is C19H28ClNO2. The number of hydrogen-bond acceptors (Lipinski definition) is 2. The zero-order chi connectivity index (χ0) is 17.1. The monoisotopic (exact) mass is 337 g/mol. The van der Waals surface area contributed by atoms with E-state index in [0.717, 1.165) is 18.4 Å². The van der Waals surface area contributed by atoms with Crippen LogP contribution >= 0.6 is 11.6 Å². The van der Waals surface area contributed by atoms with Gasteiger partial charge in [-0.2, -0.15) is 0 Å². The number of halogens is 1. The predicted octanol–water partition coefficient (Wildman–Crippen LogP) is 4.06. The summed E-state index contributed by atoms with van der Waals surface area (Å²) in [5.74, 6) is 0.163. The minimum Gasteiger partial charge on any atom is -0.390 e. The summed E-state index contributed by atoms with van der Waals surface area (Å²) in [6, 6.07) is 7.70. The highest BCUT2D eigenvalue weighted by atomic mass is 35.5. The third kappa shape index (κ3) is 4.71. The number of carbonyl (C=O) groups excluding carboxylic acids is 1. The van der Waals surface area contributed by atoms with Gasteiger partial charge in [0, 0.05) is 23.5 Å². The van der Waals surface area contributed by atoms with Crippen LogP contribution in [0.25, 0.3) is 0 Å². The first-order valence-electron chi connectivity index (χ1n) is 8.52. The van der Waals surface area contributed by atoms with Crippen molar-refractivity contribution < 1.29 is 9.90 Å². The summed E-state index contributed by atoms with van der Waals surface area (Å²) in [4.78, 5) is 14.8. The molecule has 0 atom stereocenters. The van der Waals surface area contributed by atoms with Crippen LogP contribution in [0.1, 0.15) is 52.0 Å². The molecule has 1 aromatic carbocycles. The Bertz CT molecular complexity index is 548. The maximum Gasteiger partial charge on any atom is 0.228 e. The Labute approximate surface area is 144 Å². The molecular weight excluding hydrogens is 310 g/mol. The van der Waals surface area contributed by atoms with Crippen LogP contribution in [0.2, 0.25) is 5.02 Å². The summed E-state index contributed by atoms with van der Waals surface area (Å²) in [6.45, 7) is 7.36. The minimum absolute atomic E-state index is 0.163. The Kier molecular flexibility index (Phi) is 5.74. The predicted molar refractivity (Wildman–Crippen MR) is 94.6 cm³/mol. The molecule has 1 aliphatic heterocycles. The van der Waals surface area contributed by atoms with E-state index in [1.54, 1.807) is 0 Å². The molecule has 2 rings (SSSR count). The largest absolute Gasteiger partial charge is 0.390 e. The van der Waals surface area contributed by atoms with Gasteiger partial charge in [-0.3, -0.25) is 4.79 Å². The highest BCUT2D eigenvalue weighted by molar-refractivity contribution is 6.30. The van der Waals surface area contributed by atoms with E-state index < -0.39 is 11.0 Å². The summed E-state index contributed by atoms with van der Waals surface area (Å²) < 4.78 is 0. The molecule has 1 heterocycles. The molecule has 1 saturated heterocycles. The van der Waals surface area contributed by atoms with E-state index in [4.69, 9.17) is 11.6 Å². The lowest BCUT2D eigenvalue weighted by atomic mass is 9.82. The number of likely N-dealkylation sites (tertiary alicyclic amines) is 1. The number of piperidine rings is 1. The average Bonchev–Trinajstić information content (AvgIpc) is 2.47. The number of hydrogen-bond donors (Lipinski definition) is 1. The van der Waals surface area contributed by atoms with Crippen molar-refractivity contribution in [3.8, 4) is 0 Å². The molecule has 0 bridgehead atoms. The van der Waals surface area contributed by atoms with Gasteiger partial charge in [-0.05, 0) is 43.4 Å². The van der Waals surface area contributed by atoms with Gasteiger partial charge in [-0.15, -0.1) is 0 Å². The molecule has 4 heteroatoms. The van der Waals surface area contributed by atoms with E-state index in [2.05, 4.69) is 6.92 Å². The SMILES string of the molecule is CCCC1(O)CCN(C(=O)C(C)(C)Cc2cccc(Cl)c2)CC1. The van der Waals surface area contributed by atoms with Crippen molar-refractivity contribution in [2.24, 2.45) is 5.41 Å². The number of carbonyl (C=O) groups is 1. The molecule has 0 aromatic heterocycles. The number of rotatable bonds is 5. The summed E-state index contributed by atoms with van der Waals surface area (Å²) in [7, 11) is 0. The van der Waals surface area contributed by atoms with E-state index in [1.165, 1.54) is 0 Å². The Morgan fingerprint density at radius 1 is 1.35 bits per heavy atom. The molecule has 128 valence electrons. The molecule has 0 radical (unpaired) electrons. The van der Waals surface area contributed by atoms with Crippen LogP contribution in [0.3, 0.4) is 0 Å². The topological polar surface area (TPSA) is 40.5 Å². The molecule has 0 aliphatic carbocycles. The first-order valence-corrected chi connectivity index (χ1v) is 8.90. The number of benzene rings is 1. The molecule has 1 aliphatic rings. The first kappa shape index (κ1) is 18.3. The Balaban J connectivity index is 1.99. The fraction of sp³-hybridized carbons (Fsp3) is 0.632. The fourth-order valence-electron chi connectivity index (χ4n) is 3.50. The van der Waals surface area contributed by atoms with Crippen LogP contribution in [0.5, 0.6) is 0 Å². The van der Waals surface area contributed by atoms with Crippen LogP contribution in [-0.4, -0.2) is 34.6 Å². The normalized spacial score (nSPS) is 18.0. The van der Waals surface area contributed by atoms with Gasteiger partial charge < -0.3 is 10.0 Å². The quantitative estimate of drug-likeness (QED) is 0.880. The Morgan fingerprint density at radius 2 is 2.00 bits per heavy atom. The van der Waals surface area contributed by atoms with Gasteiger partial charge in [0.1, 0.15) is 0 Å². The van der Waals surface area contributed by atoms with Crippen LogP contribution in [0.4, 0.5) is 0 Å². The summed E-state index contributed by atoms with van der Waals surface area (Å²) in [5, 5.41) is 11.2. The lowest BCUT2D eigenvalue weighted by Gasteiger charge is -2.41. The third-order valence-corrected chi connectivity index (χ3v) is 5.05. The molecule has 3 nitrogen and oxygen atoms in total. The second-order valence-corrected chi connectivity index (χ2v) is 7.89. The zero-order valence-electron chi connectivity index (χ0n) is 14.4. The number of nitrogens with zero attached hydrogens (tertiary/aromatic N) is 1. The van der Waals surface area contributed by atoms with Crippen molar-refractivity contribution in [3.63, 3.8) is 0 Å². The van der Waals surface area contributed by atoms with Gasteiger partial charge in [0.2, 0.25) is 5.91 Å². The summed E-state index contributed by atoms with van der Waals surface area (Å²) in [6.07, 6.45) is 3.83. The van der Waals surface area contributed by atoms with Gasteiger partial charge in [0.25, 0.3) is 0 Å². The molecule has 0 spiro atoms.